The van der Waals surface area contributed by atoms with Gasteiger partial charge in [0.2, 0.25) is 0 Å². The first-order chi connectivity index (χ1) is 13.7. The Labute approximate surface area is 166 Å². The number of nitrogens with one attached hydrogen (secondary N) is 1. The molecule has 0 aliphatic rings. The molecule has 4 nitrogen and oxygen atoms in total. The number of ether oxygens (including phenoxy) is 2. The second-order valence-electron chi connectivity index (χ2n) is 6.72. The lowest BCUT2D eigenvalue weighted by molar-refractivity contribution is -0.151. The fourth-order valence-electron chi connectivity index (χ4n) is 3.51. The SMILES string of the molecule is CCOC(=O)COC(c1ccccc1)[C@H](CNC)c1ccc2ccccc2c1. The largest absolute Gasteiger partial charge is 0.464 e. The monoisotopic (exact) mass is 377 g/mol. The lowest BCUT2D eigenvalue weighted by Gasteiger charge is -2.28. The zero-order chi connectivity index (χ0) is 19.8. The number of esters is 1. The molecule has 0 radical (unpaired) electrons. The molecule has 4 heteroatoms. The second kappa shape index (κ2) is 10.0. The molecule has 0 saturated carbocycles. The summed E-state index contributed by atoms with van der Waals surface area (Å²) in [5, 5.41) is 5.68. The van der Waals surface area contributed by atoms with Gasteiger partial charge >= 0.3 is 5.97 Å². The number of carbonyl (C=O) groups is 1. The molecule has 28 heavy (non-hydrogen) atoms. The van der Waals surface area contributed by atoms with E-state index in [4.69, 9.17) is 9.47 Å². The van der Waals surface area contributed by atoms with Crippen LogP contribution in [-0.2, 0) is 14.3 Å². The molecule has 146 valence electrons. The van der Waals surface area contributed by atoms with E-state index >= 15 is 0 Å². The summed E-state index contributed by atoms with van der Waals surface area (Å²) in [6.07, 6.45) is -0.265. The van der Waals surface area contributed by atoms with Crippen LogP contribution in [0.4, 0.5) is 0 Å². The van der Waals surface area contributed by atoms with E-state index in [1.54, 1.807) is 6.92 Å². The van der Waals surface area contributed by atoms with Crippen LogP contribution in [-0.4, -0.2) is 32.8 Å². The van der Waals surface area contributed by atoms with Crippen LogP contribution in [0.1, 0.15) is 30.1 Å². The van der Waals surface area contributed by atoms with Crippen molar-refractivity contribution in [3.63, 3.8) is 0 Å². The molecular weight excluding hydrogens is 350 g/mol. The molecule has 0 bridgehead atoms. The smallest absolute Gasteiger partial charge is 0.332 e. The third kappa shape index (κ3) is 4.97. The number of likely N-dealkylation sites (N-methyl/N-ethyl adjacent to an activating group) is 1. The van der Waals surface area contributed by atoms with Crippen molar-refractivity contribution in [1.29, 1.82) is 0 Å². The van der Waals surface area contributed by atoms with Crippen molar-refractivity contribution in [2.75, 3.05) is 26.8 Å². The standard InChI is InChI=1S/C24H27NO3/c1-3-27-23(26)17-28-24(19-10-5-4-6-11-19)22(16-25-2)21-14-13-18-9-7-8-12-20(18)15-21/h4-15,22,24-25H,3,16-17H2,1-2H3/t22-,24?/m1/s1. The Morgan fingerprint density at radius 1 is 0.929 bits per heavy atom. The van der Waals surface area contributed by atoms with Gasteiger partial charge in [-0.25, -0.2) is 4.79 Å². The summed E-state index contributed by atoms with van der Waals surface area (Å²) in [6.45, 7) is 2.80. The first-order valence-electron chi connectivity index (χ1n) is 9.68. The van der Waals surface area contributed by atoms with Crippen LogP contribution >= 0.6 is 0 Å². The van der Waals surface area contributed by atoms with Crippen LogP contribution in [0.2, 0.25) is 0 Å². The molecule has 0 heterocycles. The number of hydrogen-bond donors (Lipinski definition) is 1. The van der Waals surface area contributed by atoms with Gasteiger partial charge in [0.1, 0.15) is 6.61 Å². The average Bonchev–Trinajstić information content (AvgIpc) is 2.74. The van der Waals surface area contributed by atoms with Gasteiger partial charge in [-0.15, -0.1) is 0 Å². The highest BCUT2D eigenvalue weighted by molar-refractivity contribution is 5.83. The number of rotatable bonds is 9. The van der Waals surface area contributed by atoms with Crippen LogP contribution in [0.3, 0.4) is 0 Å². The molecule has 0 fully saturated rings. The van der Waals surface area contributed by atoms with Crippen molar-refractivity contribution in [3.05, 3.63) is 83.9 Å². The van der Waals surface area contributed by atoms with Gasteiger partial charge in [0, 0.05) is 12.5 Å². The third-order valence-corrected chi connectivity index (χ3v) is 4.81. The van der Waals surface area contributed by atoms with Gasteiger partial charge in [-0.1, -0.05) is 72.8 Å². The van der Waals surface area contributed by atoms with Crippen LogP contribution in [0.5, 0.6) is 0 Å². The Morgan fingerprint density at radius 2 is 1.64 bits per heavy atom. The number of fused-ring (bicyclic) bond motifs is 1. The van der Waals surface area contributed by atoms with Crippen LogP contribution in [0.25, 0.3) is 10.8 Å². The van der Waals surface area contributed by atoms with E-state index in [9.17, 15) is 4.79 Å². The maximum Gasteiger partial charge on any atom is 0.332 e. The molecule has 1 unspecified atom stereocenters. The number of benzene rings is 3. The van der Waals surface area contributed by atoms with Crippen molar-refractivity contribution in [1.82, 2.24) is 5.32 Å². The molecule has 0 saturated heterocycles. The van der Waals surface area contributed by atoms with Crippen LogP contribution in [0, 0.1) is 0 Å². The summed E-state index contributed by atoms with van der Waals surface area (Å²) < 4.78 is 11.2. The van der Waals surface area contributed by atoms with Gasteiger partial charge in [0.05, 0.1) is 12.7 Å². The van der Waals surface area contributed by atoms with Crippen LogP contribution < -0.4 is 5.32 Å². The minimum Gasteiger partial charge on any atom is -0.464 e. The molecule has 0 spiro atoms. The maximum absolute atomic E-state index is 11.9. The lowest BCUT2D eigenvalue weighted by Crippen LogP contribution is -2.27. The first kappa shape index (κ1) is 20.1. The normalized spacial score (nSPS) is 13.2. The van der Waals surface area contributed by atoms with Gasteiger partial charge < -0.3 is 14.8 Å². The lowest BCUT2D eigenvalue weighted by atomic mass is 9.87. The quantitative estimate of drug-likeness (QED) is 0.559. The fraction of sp³-hybridized carbons (Fsp3) is 0.292. The maximum atomic E-state index is 11.9. The zero-order valence-corrected chi connectivity index (χ0v) is 16.4. The molecule has 3 rings (SSSR count). The summed E-state index contributed by atoms with van der Waals surface area (Å²) in [4.78, 5) is 11.9. The van der Waals surface area contributed by atoms with E-state index in [0.29, 0.717) is 6.61 Å². The first-order valence-corrected chi connectivity index (χ1v) is 9.68. The summed E-state index contributed by atoms with van der Waals surface area (Å²) in [5.74, 6) is -0.295. The molecular formula is C24H27NO3. The molecule has 3 aromatic rings. The fourth-order valence-corrected chi connectivity index (χ4v) is 3.51. The molecule has 0 aliphatic heterocycles. The summed E-state index contributed by atoms with van der Waals surface area (Å²) in [7, 11) is 1.93. The van der Waals surface area contributed by atoms with Gasteiger partial charge in [-0.3, -0.25) is 0 Å². The third-order valence-electron chi connectivity index (χ3n) is 4.81. The molecule has 0 amide bonds. The van der Waals surface area contributed by atoms with Crippen molar-refractivity contribution in [2.45, 2.75) is 18.9 Å². The van der Waals surface area contributed by atoms with Gasteiger partial charge in [-0.2, -0.15) is 0 Å². The minimum atomic E-state index is -0.342. The molecule has 3 aromatic carbocycles. The summed E-state index contributed by atoms with van der Waals surface area (Å²) in [5.41, 5.74) is 2.21. The van der Waals surface area contributed by atoms with Crippen molar-refractivity contribution in [2.24, 2.45) is 0 Å². The number of hydrogen-bond acceptors (Lipinski definition) is 4. The van der Waals surface area contributed by atoms with Gasteiger partial charge in [0.15, 0.2) is 0 Å². The highest BCUT2D eigenvalue weighted by Gasteiger charge is 2.26. The van der Waals surface area contributed by atoms with E-state index in [1.165, 1.54) is 16.3 Å². The Hall–Kier alpha value is -2.69. The van der Waals surface area contributed by atoms with E-state index in [1.807, 2.05) is 49.5 Å². The predicted molar refractivity (Wildman–Crippen MR) is 112 cm³/mol. The van der Waals surface area contributed by atoms with Gasteiger partial charge in [0.25, 0.3) is 0 Å². The Balaban J connectivity index is 1.95. The summed E-state index contributed by atoms with van der Waals surface area (Å²) in [6, 6.07) is 24.9. The van der Waals surface area contributed by atoms with E-state index < -0.39 is 0 Å². The van der Waals surface area contributed by atoms with E-state index in [2.05, 4.69) is 35.6 Å². The Bertz CT molecular complexity index is 895. The minimum absolute atomic E-state index is 0.0476. The Kier molecular flexibility index (Phi) is 7.18. The average molecular weight is 377 g/mol. The second-order valence-corrected chi connectivity index (χ2v) is 6.72. The van der Waals surface area contributed by atoms with Crippen molar-refractivity contribution < 1.29 is 14.3 Å². The van der Waals surface area contributed by atoms with Crippen molar-refractivity contribution >= 4 is 16.7 Å². The molecule has 0 aliphatic carbocycles. The molecule has 1 N–H and O–H groups in total. The molecule has 2 atom stereocenters. The van der Waals surface area contributed by atoms with E-state index in [0.717, 1.165) is 12.1 Å². The topological polar surface area (TPSA) is 47.6 Å². The highest BCUT2D eigenvalue weighted by atomic mass is 16.6. The van der Waals surface area contributed by atoms with Crippen LogP contribution in [0.15, 0.2) is 72.8 Å². The van der Waals surface area contributed by atoms with E-state index in [-0.39, 0.29) is 24.6 Å². The highest BCUT2D eigenvalue weighted by Crippen LogP contribution is 2.35. The number of carbonyl (C=O) groups excluding carboxylic acids is 1. The molecule has 0 aromatic heterocycles. The summed E-state index contributed by atoms with van der Waals surface area (Å²) >= 11 is 0. The predicted octanol–water partition coefficient (Wildman–Crippen LogP) is 4.46. The van der Waals surface area contributed by atoms with Crippen molar-refractivity contribution in [3.8, 4) is 0 Å². The van der Waals surface area contributed by atoms with Gasteiger partial charge in [-0.05, 0) is 35.9 Å². The Morgan fingerprint density at radius 3 is 2.36 bits per heavy atom. The zero-order valence-electron chi connectivity index (χ0n) is 16.4.